The van der Waals surface area contributed by atoms with E-state index in [2.05, 4.69) is 4.74 Å². The average Bonchev–Trinajstić information content (AvgIpc) is 2.13. The van der Waals surface area contributed by atoms with Crippen molar-refractivity contribution < 1.29 is 24.2 Å². The Morgan fingerprint density at radius 1 is 1.43 bits per heavy atom. The van der Waals surface area contributed by atoms with Crippen LogP contribution in [0.1, 0.15) is 13.3 Å². The molecule has 0 saturated carbocycles. The lowest BCUT2D eigenvalue weighted by Crippen LogP contribution is -2.39. The second kappa shape index (κ2) is 5.33. The van der Waals surface area contributed by atoms with Crippen LogP contribution in [0, 0.1) is 5.92 Å². The summed E-state index contributed by atoms with van der Waals surface area (Å²) in [5, 5.41) is 8.36. The fourth-order valence-electron chi connectivity index (χ4n) is 0.903. The third-order valence-corrected chi connectivity index (χ3v) is 1.74. The van der Waals surface area contributed by atoms with Crippen molar-refractivity contribution in [3.8, 4) is 0 Å². The summed E-state index contributed by atoms with van der Waals surface area (Å²) in [6.45, 7) is 1.33. The summed E-state index contributed by atoms with van der Waals surface area (Å²) >= 11 is 0. The molecule has 80 valence electrons. The number of carboxylic acids is 1. The van der Waals surface area contributed by atoms with Crippen molar-refractivity contribution in [1.82, 2.24) is 0 Å². The van der Waals surface area contributed by atoms with Gasteiger partial charge in [0.25, 0.3) is 0 Å². The molecule has 0 heterocycles. The van der Waals surface area contributed by atoms with Gasteiger partial charge in [0.1, 0.15) is 5.92 Å². The van der Waals surface area contributed by atoms with Gasteiger partial charge in [-0.15, -0.1) is 0 Å². The smallest absolute Gasteiger partial charge is 0.315 e. The van der Waals surface area contributed by atoms with Crippen LogP contribution in [0.25, 0.3) is 0 Å². The average molecular weight is 203 g/mol. The van der Waals surface area contributed by atoms with Crippen LogP contribution in [0.15, 0.2) is 0 Å². The fraction of sp³-hybridized carbons (Fsp3) is 0.625. The Kier molecular flexibility index (Phi) is 4.79. The predicted molar refractivity (Wildman–Crippen MR) is 46.4 cm³/mol. The number of rotatable bonds is 5. The molecule has 2 atom stereocenters. The molecule has 0 saturated heterocycles. The van der Waals surface area contributed by atoms with Crippen molar-refractivity contribution in [2.45, 2.75) is 19.4 Å². The molecule has 2 unspecified atom stereocenters. The highest BCUT2D eigenvalue weighted by atomic mass is 16.5. The standard InChI is InChI=1S/C8H13NO5/c1-4(8(13)14-2)7(12)5(9)3-6(10)11/h4-5H,3,9H2,1-2H3,(H,10,11). The quantitative estimate of drug-likeness (QED) is 0.446. The minimum atomic E-state index is -1.18. The van der Waals surface area contributed by atoms with Crippen LogP contribution in [0.2, 0.25) is 0 Å². The summed E-state index contributed by atoms with van der Waals surface area (Å²) < 4.78 is 4.33. The van der Waals surface area contributed by atoms with Gasteiger partial charge in [-0.05, 0) is 6.92 Å². The fourth-order valence-corrected chi connectivity index (χ4v) is 0.903. The van der Waals surface area contributed by atoms with E-state index in [4.69, 9.17) is 10.8 Å². The van der Waals surface area contributed by atoms with Crippen molar-refractivity contribution in [2.24, 2.45) is 11.7 Å². The van der Waals surface area contributed by atoms with Crippen LogP contribution in [0.3, 0.4) is 0 Å². The summed E-state index contributed by atoms with van der Waals surface area (Å²) in [5.41, 5.74) is 5.27. The highest BCUT2D eigenvalue weighted by Crippen LogP contribution is 2.04. The van der Waals surface area contributed by atoms with Gasteiger partial charge in [-0.2, -0.15) is 0 Å². The molecular formula is C8H13NO5. The maximum Gasteiger partial charge on any atom is 0.315 e. The zero-order valence-electron chi connectivity index (χ0n) is 8.02. The van der Waals surface area contributed by atoms with Crippen LogP contribution in [-0.2, 0) is 19.1 Å². The molecule has 6 heteroatoms. The highest BCUT2D eigenvalue weighted by Gasteiger charge is 2.28. The van der Waals surface area contributed by atoms with Crippen molar-refractivity contribution in [2.75, 3.05) is 7.11 Å². The molecule has 0 rings (SSSR count). The van der Waals surface area contributed by atoms with E-state index < -0.39 is 36.1 Å². The number of ether oxygens (including phenoxy) is 1. The molecule has 0 fully saturated rings. The van der Waals surface area contributed by atoms with E-state index in [1.807, 2.05) is 0 Å². The lowest BCUT2D eigenvalue weighted by molar-refractivity contribution is -0.150. The summed E-state index contributed by atoms with van der Waals surface area (Å²) in [4.78, 5) is 32.4. The van der Waals surface area contributed by atoms with Crippen molar-refractivity contribution >= 4 is 17.7 Å². The molecule has 3 N–H and O–H groups in total. The minimum absolute atomic E-state index is 0.486. The molecule has 14 heavy (non-hydrogen) atoms. The Hall–Kier alpha value is -1.43. The molecule has 0 aromatic rings. The molecular weight excluding hydrogens is 190 g/mol. The second-order valence-electron chi connectivity index (χ2n) is 2.85. The van der Waals surface area contributed by atoms with Gasteiger partial charge in [0, 0.05) is 0 Å². The summed E-state index contributed by atoms with van der Waals surface area (Å²) in [5.74, 6) is -3.53. The first kappa shape index (κ1) is 12.6. The molecule has 0 bridgehead atoms. The van der Waals surface area contributed by atoms with Gasteiger partial charge in [0.2, 0.25) is 0 Å². The van der Waals surface area contributed by atoms with Crippen molar-refractivity contribution in [3.63, 3.8) is 0 Å². The SMILES string of the molecule is COC(=O)C(C)C(=O)C(N)CC(=O)O. The van der Waals surface area contributed by atoms with E-state index in [0.717, 1.165) is 7.11 Å². The highest BCUT2D eigenvalue weighted by molar-refractivity contribution is 6.02. The van der Waals surface area contributed by atoms with Gasteiger partial charge in [-0.1, -0.05) is 0 Å². The van der Waals surface area contributed by atoms with Gasteiger partial charge in [0.05, 0.1) is 19.6 Å². The molecule has 0 aromatic heterocycles. The zero-order chi connectivity index (χ0) is 11.3. The summed E-state index contributed by atoms with van der Waals surface area (Å²) in [6.07, 6.45) is -0.486. The molecule has 0 aromatic carbocycles. The van der Waals surface area contributed by atoms with Gasteiger partial charge in [-0.25, -0.2) is 0 Å². The number of carboxylic acid groups (broad SMARTS) is 1. The molecule has 0 spiro atoms. The number of hydrogen-bond donors (Lipinski definition) is 2. The monoisotopic (exact) mass is 203 g/mol. The second-order valence-corrected chi connectivity index (χ2v) is 2.85. The van der Waals surface area contributed by atoms with E-state index in [-0.39, 0.29) is 0 Å². The number of carbonyl (C=O) groups excluding carboxylic acids is 2. The molecule has 0 radical (unpaired) electrons. The molecule has 6 nitrogen and oxygen atoms in total. The van der Waals surface area contributed by atoms with Gasteiger partial charge in [-0.3, -0.25) is 14.4 Å². The van der Waals surface area contributed by atoms with Crippen molar-refractivity contribution in [1.29, 1.82) is 0 Å². The number of hydrogen-bond acceptors (Lipinski definition) is 5. The number of methoxy groups -OCH3 is 1. The minimum Gasteiger partial charge on any atom is -0.481 e. The molecule has 0 amide bonds. The Morgan fingerprint density at radius 2 is 1.93 bits per heavy atom. The third kappa shape index (κ3) is 3.53. The first-order chi connectivity index (χ1) is 6.40. The summed E-state index contributed by atoms with van der Waals surface area (Å²) in [7, 11) is 1.15. The maximum absolute atomic E-state index is 11.3. The topological polar surface area (TPSA) is 107 Å². The van der Waals surface area contributed by atoms with Gasteiger partial charge in [0.15, 0.2) is 5.78 Å². The van der Waals surface area contributed by atoms with Crippen LogP contribution >= 0.6 is 0 Å². The lowest BCUT2D eigenvalue weighted by Gasteiger charge is -2.12. The Balaban J connectivity index is 4.31. The van der Waals surface area contributed by atoms with Crippen LogP contribution < -0.4 is 5.73 Å². The Morgan fingerprint density at radius 3 is 2.29 bits per heavy atom. The third-order valence-electron chi connectivity index (χ3n) is 1.74. The van der Waals surface area contributed by atoms with Gasteiger partial charge < -0.3 is 15.6 Å². The van der Waals surface area contributed by atoms with Crippen LogP contribution in [-0.4, -0.2) is 36.0 Å². The van der Waals surface area contributed by atoms with Crippen LogP contribution in [0.4, 0.5) is 0 Å². The number of ketones is 1. The predicted octanol–water partition coefficient (Wildman–Crippen LogP) is -0.833. The number of carbonyl (C=O) groups is 3. The van der Waals surface area contributed by atoms with Gasteiger partial charge >= 0.3 is 11.9 Å². The normalized spacial score (nSPS) is 14.2. The first-order valence-corrected chi connectivity index (χ1v) is 3.99. The zero-order valence-corrected chi connectivity index (χ0v) is 8.02. The number of nitrogens with two attached hydrogens (primary N) is 1. The molecule has 0 aliphatic rings. The number of aliphatic carboxylic acids is 1. The number of Topliss-reactive ketones (excluding diaryl/α,β-unsaturated/α-hetero) is 1. The number of esters is 1. The van der Waals surface area contributed by atoms with E-state index in [1.54, 1.807) is 0 Å². The summed E-state index contributed by atoms with van der Waals surface area (Å²) in [6, 6.07) is -1.17. The van der Waals surface area contributed by atoms with E-state index in [9.17, 15) is 14.4 Å². The largest absolute Gasteiger partial charge is 0.481 e. The lowest BCUT2D eigenvalue weighted by atomic mass is 9.98. The van der Waals surface area contributed by atoms with E-state index in [0.29, 0.717) is 0 Å². The first-order valence-electron chi connectivity index (χ1n) is 3.99. The van der Waals surface area contributed by atoms with E-state index in [1.165, 1.54) is 6.92 Å². The molecule has 0 aliphatic heterocycles. The van der Waals surface area contributed by atoms with Crippen LogP contribution in [0.5, 0.6) is 0 Å². The Bertz CT molecular complexity index is 250. The maximum atomic E-state index is 11.3. The Labute approximate surface area is 81.0 Å². The van der Waals surface area contributed by atoms with E-state index >= 15 is 0 Å². The molecule has 0 aliphatic carbocycles. The van der Waals surface area contributed by atoms with Crippen molar-refractivity contribution in [3.05, 3.63) is 0 Å².